The van der Waals surface area contributed by atoms with Crippen molar-refractivity contribution >= 4 is 21.6 Å². The lowest BCUT2D eigenvalue weighted by atomic mass is 10.1. The molecule has 19 heavy (non-hydrogen) atoms. The molecular formula is C16H27BrN2. The summed E-state index contributed by atoms with van der Waals surface area (Å²) in [5.74, 6) is 0. The summed E-state index contributed by atoms with van der Waals surface area (Å²) in [5, 5.41) is 0. The summed E-state index contributed by atoms with van der Waals surface area (Å²) in [6.07, 6.45) is 4.76. The van der Waals surface area contributed by atoms with E-state index in [2.05, 4.69) is 59.8 Å². The summed E-state index contributed by atoms with van der Waals surface area (Å²) in [4.78, 5) is 2.51. The summed E-state index contributed by atoms with van der Waals surface area (Å²) in [5.41, 5.74) is 8.44. The number of hydrogen-bond acceptors (Lipinski definition) is 2. The Balaban J connectivity index is 2.93. The molecule has 0 heterocycles. The smallest absolute Gasteiger partial charge is 0.0402 e. The van der Waals surface area contributed by atoms with Crippen molar-refractivity contribution in [2.24, 2.45) is 5.73 Å². The molecule has 2 nitrogen and oxygen atoms in total. The van der Waals surface area contributed by atoms with Crippen LogP contribution in [0.5, 0.6) is 0 Å². The van der Waals surface area contributed by atoms with Gasteiger partial charge < -0.3 is 10.6 Å². The minimum absolute atomic E-state index is 0.523. The molecule has 2 N–H and O–H groups in total. The predicted octanol–water partition coefficient (Wildman–Crippen LogP) is 4.36. The zero-order chi connectivity index (χ0) is 14.3. The fourth-order valence-corrected chi connectivity index (χ4v) is 2.79. The SMILES string of the molecule is CCCCCN(c1ccc(Br)cc1CCN)C(C)C. The highest BCUT2D eigenvalue weighted by atomic mass is 79.9. The second-order valence-corrected chi connectivity index (χ2v) is 6.22. The third-order valence-corrected chi connectivity index (χ3v) is 3.88. The summed E-state index contributed by atoms with van der Waals surface area (Å²) >= 11 is 3.56. The lowest BCUT2D eigenvalue weighted by molar-refractivity contribution is 0.623. The summed E-state index contributed by atoms with van der Waals surface area (Å²) in [6.45, 7) is 8.61. The van der Waals surface area contributed by atoms with Gasteiger partial charge in [-0.2, -0.15) is 0 Å². The first kappa shape index (κ1) is 16.5. The first-order chi connectivity index (χ1) is 9.10. The van der Waals surface area contributed by atoms with Crippen LogP contribution in [-0.2, 0) is 6.42 Å². The third kappa shape index (κ3) is 5.15. The summed E-state index contributed by atoms with van der Waals surface area (Å²) in [7, 11) is 0. The second kappa shape index (κ2) is 8.60. The Morgan fingerprint density at radius 2 is 2.00 bits per heavy atom. The minimum atomic E-state index is 0.523. The van der Waals surface area contributed by atoms with Crippen LogP contribution in [-0.4, -0.2) is 19.1 Å². The van der Waals surface area contributed by atoms with Crippen molar-refractivity contribution in [3.8, 4) is 0 Å². The largest absolute Gasteiger partial charge is 0.369 e. The molecule has 0 amide bonds. The van der Waals surface area contributed by atoms with Crippen molar-refractivity contribution in [1.29, 1.82) is 0 Å². The zero-order valence-corrected chi connectivity index (χ0v) is 14.0. The van der Waals surface area contributed by atoms with Gasteiger partial charge in [-0.15, -0.1) is 0 Å². The average molecular weight is 327 g/mol. The molecule has 0 aliphatic carbocycles. The highest BCUT2D eigenvalue weighted by molar-refractivity contribution is 9.10. The maximum absolute atomic E-state index is 5.74. The predicted molar refractivity (Wildman–Crippen MR) is 88.9 cm³/mol. The molecule has 1 rings (SSSR count). The van der Waals surface area contributed by atoms with Crippen LogP contribution >= 0.6 is 15.9 Å². The van der Waals surface area contributed by atoms with E-state index in [1.807, 2.05) is 0 Å². The van der Waals surface area contributed by atoms with Crippen LogP contribution in [0, 0.1) is 0 Å². The molecule has 0 aliphatic heterocycles. The van der Waals surface area contributed by atoms with Crippen LogP contribution in [0.4, 0.5) is 5.69 Å². The Morgan fingerprint density at radius 1 is 1.26 bits per heavy atom. The summed E-state index contributed by atoms with van der Waals surface area (Å²) in [6, 6.07) is 7.08. The maximum Gasteiger partial charge on any atom is 0.0402 e. The molecule has 0 aliphatic rings. The van der Waals surface area contributed by atoms with Gasteiger partial charge in [0, 0.05) is 22.7 Å². The molecule has 0 unspecified atom stereocenters. The molecular weight excluding hydrogens is 300 g/mol. The second-order valence-electron chi connectivity index (χ2n) is 5.31. The molecule has 0 atom stereocenters. The highest BCUT2D eigenvalue weighted by Crippen LogP contribution is 2.27. The standard InChI is InChI=1S/C16H27BrN2/c1-4-5-6-11-19(13(2)3)16-8-7-15(17)12-14(16)9-10-18/h7-8,12-13H,4-6,9-11,18H2,1-3H3. The van der Waals surface area contributed by atoms with Crippen LogP contribution in [0.15, 0.2) is 22.7 Å². The maximum atomic E-state index is 5.74. The van der Waals surface area contributed by atoms with Gasteiger partial charge >= 0.3 is 0 Å². The van der Waals surface area contributed by atoms with Gasteiger partial charge in [0.05, 0.1) is 0 Å². The average Bonchev–Trinajstić information content (AvgIpc) is 2.36. The minimum Gasteiger partial charge on any atom is -0.369 e. The number of benzene rings is 1. The summed E-state index contributed by atoms with van der Waals surface area (Å²) < 4.78 is 1.14. The quantitative estimate of drug-likeness (QED) is 0.719. The molecule has 0 aromatic heterocycles. The van der Waals surface area contributed by atoms with E-state index >= 15 is 0 Å². The number of rotatable bonds is 8. The molecule has 0 fully saturated rings. The van der Waals surface area contributed by atoms with Gasteiger partial charge in [-0.1, -0.05) is 35.7 Å². The van der Waals surface area contributed by atoms with Crippen molar-refractivity contribution in [2.75, 3.05) is 18.0 Å². The molecule has 108 valence electrons. The lowest BCUT2D eigenvalue weighted by Crippen LogP contribution is -2.32. The van der Waals surface area contributed by atoms with E-state index in [4.69, 9.17) is 5.73 Å². The third-order valence-electron chi connectivity index (χ3n) is 3.39. The Labute approximate surface area is 126 Å². The van der Waals surface area contributed by atoms with Crippen molar-refractivity contribution < 1.29 is 0 Å². The molecule has 1 aromatic carbocycles. The van der Waals surface area contributed by atoms with E-state index in [-0.39, 0.29) is 0 Å². The van der Waals surface area contributed by atoms with Crippen LogP contribution in [0.1, 0.15) is 45.6 Å². The van der Waals surface area contributed by atoms with Gasteiger partial charge in [-0.05, 0) is 57.0 Å². The molecule has 0 radical (unpaired) electrons. The topological polar surface area (TPSA) is 29.3 Å². The lowest BCUT2D eigenvalue weighted by Gasteiger charge is -2.31. The van der Waals surface area contributed by atoms with Crippen LogP contribution in [0.3, 0.4) is 0 Å². The van der Waals surface area contributed by atoms with Crippen molar-refractivity contribution in [3.05, 3.63) is 28.2 Å². The van der Waals surface area contributed by atoms with Gasteiger partial charge in [-0.3, -0.25) is 0 Å². The normalized spacial score (nSPS) is 11.1. The number of anilines is 1. The molecule has 3 heteroatoms. The van der Waals surface area contributed by atoms with Crippen LogP contribution in [0.25, 0.3) is 0 Å². The Kier molecular flexibility index (Phi) is 7.47. The Morgan fingerprint density at radius 3 is 2.58 bits per heavy atom. The fourth-order valence-electron chi connectivity index (χ4n) is 2.38. The van der Waals surface area contributed by atoms with Gasteiger partial charge in [0.25, 0.3) is 0 Å². The van der Waals surface area contributed by atoms with Crippen LogP contribution in [0.2, 0.25) is 0 Å². The van der Waals surface area contributed by atoms with E-state index in [0.29, 0.717) is 12.6 Å². The first-order valence-corrected chi connectivity index (χ1v) is 8.14. The monoisotopic (exact) mass is 326 g/mol. The number of hydrogen-bond donors (Lipinski definition) is 1. The van der Waals surface area contributed by atoms with Gasteiger partial charge in [0.15, 0.2) is 0 Å². The number of nitrogens with two attached hydrogens (primary N) is 1. The van der Waals surface area contributed by atoms with Crippen molar-refractivity contribution in [1.82, 2.24) is 0 Å². The molecule has 0 spiro atoms. The van der Waals surface area contributed by atoms with E-state index in [9.17, 15) is 0 Å². The van der Waals surface area contributed by atoms with E-state index < -0.39 is 0 Å². The van der Waals surface area contributed by atoms with E-state index in [1.54, 1.807) is 0 Å². The van der Waals surface area contributed by atoms with E-state index in [1.165, 1.54) is 30.5 Å². The molecule has 0 saturated carbocycles. The molecule has 0 bridgehead atoms. The van der Waals surface area contributed by atoms with Crippen molar-refractivity contribution in [3.63, 3.8) is 0 Å². The Bertz CT molecular complexity index is 377. The Hall–Kier alpha value is -0.540. The van der Waals surface area contributed by atoms with Crippen LogP contribution < -0.4 is 10.6 Å². The number of nitrogens with zero attached hydrogens (tertiary/aromatic N) is 1. The fraction of sp³-hybridized carbons (Fsp3) is 0.625. The number of halogens is 1. The molecule has 0 saturated heterocycles. The van der Waals surface area contributed by atoms with Gasteiger partial charge in [0.2, 0.25) is 0 Å². The van der Waals surface area contributed by atoms with Gasteiger partial charge in [0.1, 0.15) is 0 Å². The molecule has 1 aromatic rings. The highest BCUT2D eigenvalue weighted by Gasteiger charge is 2.14. The number of unbranched alkanes of at least 4 members (excludes halogenated alkanes) is 2. The first-order valence-electron chi connectivity index (χ1n) is 7.35. The van der Waals surface area contributed by atoms with E-state index in [0.717, 1.165) is 17.4 Å². The zero-order valence-electron chi connectivity index (χ0n) is 12.5. The van der Waals surface area contributed by atoms with Gasteiger partial charge in [-0.25, -0.2) is 0 Å². The van der Waals surface area contributed by atoms with Crippen molar-refractivity contribution in [2.45, 2.75) is 52.5 Å².